The van der Waals surface area contributed by atoms with Crippen molar-refractivity contribution in [3.63, 3.8) is 0 Å². The number of ether oxygens (including phenoxy) is 1. The average Bonchev–Trinajstić information content (AvgIpc) is 2.38. The van der Waals surface area contributed by atoms with Gasteiger partial charge in [-0.25, -0.2) is 0 Å². The number of nitrogens with two attached hydrogens (primary N) is 1. The summed E-state index contributed by atoms with van der Waals surface area (Å²) in [4.78, 5) is 0. The fraction of sp³-hybridized carbons (Fsp3) is 0.571. The van der Waals surface area contributed by atoms with Crippen LogP contribution in [0.15, 0.2) is 18.2 Å². The molecule has 0 saturated carbocycles. The predicted molar refractivity (Wildman–Crippen MR) is 82.8 cm³/mol. The van der Waals surface area contributed by atoms with Gasteiger partial charge in [0.15, 0.2) is 0 Å². The van der Waals surface area contributed by atoms with Crippen molar-refractivity contribution in [2.75, 3.05) is 18.6 Å². The van der Waals surface area contributed by atoms with E-state index in [1.165, 1.54) is 17.1 Å². The molecule has 1 aliphatic heterocycles. The molecule has 2 nitrogen and oxygen atoms in total. The van der Waals surface area contributed by atoms with Gasteiger partial charge in [0.1, 0.15) is 5.75 Å². The van der Waals surface area contributed by atoms with Crippen LogP contribution in [0.1, 0.15) is 24.1 Å². The number of rotatable bonds is 3. The van der Waals surface area contributed by atoms with Crippen molar-refractivity contribution in [3.8, 4) is 5.75 Å². The highest BCUT2D eigenvalue weighted by Crippen LogP contribution is 2.39. The third-order valence-electron chi connectivity index (χ3n) is 3.34. The Bertz CT molecular complexity index is 411. The number of hydrogen-bond donors (Lipinski definition) is 1. The molecule has 1 aromatic rings. The minimum absolute atomic E-state index is 0.0487. The summed E-state index contributed by atoms with van der Waals surface area (Å²) >= 11 is 4.02. The van der Waals surface area contributed by atoms with Crippen molar-refractivity contribution in [2.24, 2.45) is 5.73 Å². The second kappa shape index (κ2) is 6.22. The fourth-order valence-electron chi connectivity index (χ4n) is 2.34. The van der Waals surface area contributed by atoms with E-state index in [1.54, 1.807) is 7.11 Å². The van der Waals surface area contributed by atoms with E-state index in [0.717, 1.165) is 11.3 Å². The SMILES string of the molecule is COc1ccc(C)cc1C(N)C1SCCSC1C. The van der Waals surface area contributed by atoms with Crippen molar-refractivity contribution >= 4 is 23.5 Å². The zero-order valence-electron chi connectivity index (χ0n) is 11.2. The van der Waals surface area contributed by atoms with Crippen LogP contribution in [-0.4, -0.2) is 29.1 Å². The van der Waals surface area contributed by atoms with Crippen LogP contribution in [0.2, 0.25) is 0 Å². The normalized spacial score (nSPS) is 25.8. The Morgan fingerprint density at radius 3 is 2.72 bits per heavy atom. The molecule has 3 atom stereocenters. The molecule has 0 radical (unpaired) electrons. The van der Waals surface area contributed by atoms with Gasteiger partial charge in [0.05, 0.1) is 7.11 Å². The molecule has 0 aliphatic carbocycles. The Morgan fingerprint density at radius 1 is 1.33 bits per heavy atom. The number of hydrogen-bond acceptors (Lipinski definition) is 4. The smallest absolute Gasteiger partial charge is 0.123 e. The van der Waals surface area contributed by atoms with Gasteiger partial charge in [-0.15, -0.1) is 0 Å². The highest BCUT2D eigenvalue weighted by Gasteiger charge is 2.30. The maximum Gasteiger partial charge on any atom is 0.123 e. The lowest BCUT2D eigenvalue weighted by Gasteiger charge is -2.33. The van der Waals surface area contributed by atoms with Crippen molar-refractivity contribution in [1.82, 2.24) is 0 Å². The Balaban J connectivity index is 2.26. The quantitative estimate of drug-likeness (QED) is 0.923. The minimum atomic E-state index is 0.0487. The Hall–Kier alpha value is -0.320. The summed E-state index contributed by atoms with van der Waals surface area (Å²) in [7, 11) is 1.72. The molecular formula is C14H21NOS2. The Labute approximate surface area is 118 Å². The molecule has 2 rings (SSSR count). The van der Waals surface area contributed by atoms with Crippen LogP contribution < -0.4 is 10.5 Å². The van der Waals surface area contributed by atoms with Crippen LogP contribution >= 0.6 is 23.5 Å². The van der Waals surface area contributed by atoms with Crippen molar-refractivity contribution < 1.29 is 4.74 Å². The van der Waals surface area contributed by atoms with Crippen molar-refractivity contribution in [1.29, 1.82) is 0 Å². The molecule has 1 aromatic carbocycles. The van der Waals surface area contributed by atoms with Crippen molar-refractivity contribution in [3.05, 3.63) is 29.3 Å². The van der Waals surface area contributed by atoms with Gasteiger partial charge < -0.3 is 10.5 Å². The molecule has 0 amide bonds. The van der Waals surface area contributed by atoms with Crippen LogP contribution in [0.4, 0.5) is 0 Å². The highest BCUT2D eigenvalue weighted by molar-refractivity contribution is 8.07. The predicted octanol–water partition coefficient (Wildman–Crippen LogP) is 3.24. The van der Waals surface area contributed by atoms with Crippen LogP contribution in [0.3, 0.4) is 0 Å². The summed E-state index contributed by atoms with van der Waals surface area (Å²) in [5.41, 5.74) is 8.87. The number of aryl methyl sites for hydroxylation is 1. The van der Waals surface area contributed by atoms with E-state index in [-0.39, 0.29) is 6.04 Å². The average molecular weight is 283 g/mol. The summed E-state index contributed by atoms with van der Waals surface area (Å²) < 4.78 is 5.45. The maximum absolute atomic E-state index is 6.49. The molecule has 0 aromatic heterocycles. The van der Waals surface area contributed by atoms with E-state index in [4.69, 9.17) is 10.5 Å². The lowest BCUT2D eigenvalue weighted by atomic mass is 9.99. The molecule has 0 spiro atoms. The zero-order valence-corrected chi connectivity index (χ0v) is 12.8. The highest BCUT2D eigenvalue weighted by atomic mass is 32.2. The molecule has 100 valence electrons. The summed E-state index contributed by atoms with van der Waals surface area (Å²) in [6.07, 6.45) is 0. The van der Waals surface area contributed by atoms with Gasteiger partial charge in [-0.1, -0.05) is 24.6 Å². The van der Waals surface area contributed by atoms with Gasteiger partial charge in [-0.3, -0.25) is 0 Å². The fourth-order valence-corrected chi connectivity index (χ4v) is 5.20. The van der Waals surface area contributed by atoms with E-state index in [1.807, 2.05) is 29.6 Å². The third kappa shape index (κ3) is 2.98. The molecule has 2 N–H and O–H groups in total. The van der Waals surface area contributed by atoms with Gasteiger partial charge in [-0.2, -0.15) is 23.5 Å². The molecule has 1 saturated heterocycles. The lowest BCUT2D eigenvalue weighted by molar-refractivity contribution is 0.404. The van der Waals surface area contributed by atoms with Crippen LogP contribution in [0, 0.1) is 6.92 Å². The standard InChI is InChI=1S/C14H21NOS2/c1-9-4-5-12(16-3)11(8-9)13(15)14-10(2)17-6-7-18-14/h4-5,8,10,13-14H,6-7,15H2,1-3H3. The third-order valence-corrected chi connectivity index (χ3v) is 6.55. The topological polar surface area (TPSA) is 35.2 Å². The lowest BCUT2D eigenvalue weighted by Crippen LogP contribution is -2.34. The van der Waals surface area contributed by atoms with E-state index in [9.17, 15) is 0 Å². The van der Waals surface area contributed by atoms with Gasteiger partial charge in [0, 0.05) is 33.6 Å². The van der Waals surface area contributed by atoms with E-state index >= 15 is 0 Å². The van der Waals surface area contributed by atoms with E-state index in [2.05, 4.69) is 26.0 Å². The van der Waals surface area contributed by atoms with Gasteiger partial charge >= 0.3 is 0 Å². The molecular weight excluding hydrogens is 262 g/mol. The van der Waals surface area contributed by atoms with Crippen LogP contribution in [0.25, 0.3) is 0 Å². The number of thioether (sulfide) groups is 2. The molecule has 1 fully saturated rings. The molecule has 1 heterocycles. The second-order valence-electron chi connectivity index (χ2n) is 4.68. The zero-order chi connectivity index (χ0) is 13.1. The number of methoxy groups -OCH3 is 1. The van der Waals surface area contributed by atoms with Gasteiger partial charge in [0.2, 0.25) is 0 Å². The first-order chi connectivity index (χ1) is 8.63. The monoisotopic (exact) mass is 283 g/mol. The van der Waals surface area contributed by atoms with Gasteiger partial charge in [0.25, 0.3) is 0 Å². The van der Waals surface area contributed by atoms with E-state index in [0.29, 0.717) is 10.5 Å². The molecule has 18 heavy (non-hydrogen) atoms. The van der Waals surface area contributed by atoms with Gasteiger partial charge in [-0.05, 0) is 13.0 Å². The van der Waals surface area contributed by atoms with Crippen LogP contribution in [-0.2, 0) is 0 Å². The Kier molecular flexibility index (Phi) is 4.87. The molecule has 1 aliphatic rings. The molecule has 4 heteroatoms. The largest absolute Gasteiger partial charge is 0.496 e. The van der Waals surface area contributed by atoms with Crippen molar-refractivity contribution in [2.45, 2.75) is 30.4 Å². The van der Waals surface area contributed by atoms with E-state index < -0.39 is 0 Å². The summed E-state index contributed by atoms with van der Waals surface area (Å²) in [6.45, 7) is 4.38. The first-order valence-electron chi connectivity index (χ1n) is 6.27. The summed E-state index contributed by atoms with van der Waals surface area (Å²) in [5.74, 6) is 3.35. The first kappa shape index (κ1) is 14.1. The number of benzene rings is 1. The summed E-state index contributed by atoms with van der Waals surface area (Å²) in [5, 5.41) is 1.07. The Morgan fingerprint density at radius 2 is 2.06 bits per heavy atom. The second-order valence-corrected chi connectivity index (χ2v) is 7.45. The summed E-state index contributed by atoms with van der Waals surface area (Å²) in [6, 6.07) is 6.31. The minimum Gasteiger partial charge on any atom is -0.496 e. The molecule has 0 bridgehead atoms. The van der Waals surface area contributed by atoms with Crippen LogP contribution in [0.5, 0.6) is 5.75 Å². The molecule has 3 unspecified atom stereocenters. The first-order valence-corrected chi connectivity index (χ1v) is 8.36. The maximum atomic E-state index is 6.49.